The van der Waals surface area contributed by atoms with Crippen LogP contribution in [0.5, 0.6) is 5.75 Å². The number of nitrogens with zero attached hydrogens (tertiary/aromatic N) is 2. The summed E-state index contributed by atoms with van der Waals surface area (Å²) in [6, 6.07) is 13.3. The Morgan fingerprint density at radius 2 is 1.48 bits per heavy atom. The summed E-state index contributed by atoms with van der Waals surface area (Å²) in [5.74, 6) is 0.191. The molecule has 1 aliphatic rings. The molecule has 0 aromatic heterocycles. The van der Waals surface area contributed by atoms with Gasteiger partial charge in [-0.2, -0.15) is 0 Å². The van der Waals surface area contributed by atoms with E-state index in [0.717, 1.165) is 48.0 Å². The number of hydrogen-bond acceptors (Lipinski definition) is 7. The van der Waals surface area contributed by atoms with E-state index in [2.05, 4.69) is 35.0 Å². The molecule has 0 saturated heterocycles. The van der Waals surface area contributed by atoms with Gasteiger partial charge in [0.2, 0.25) is 0 Å². The Hall–Kier alpha value is -2.17. The molecule has 0 aliphatic carbocycles. The lowest BCUT2D eigenvalue weighted by atomic mass is 9.68. The van der Waals surface area contributed by atoms with Crippen molar-refractivity contribution in [1.82, 2.24) is 0 Å². The van der Waals surface area contributed by atoms with Gasteiger partial charge in [-0.3, -0.25) is 0 Å². The fourth-order valence-electron chi connectivity index (χ4n) is 6.04. The van der Waals surface area contributed by atoms with Crippen LogP contribution in [0.1, 0.15) is 69.4 Å². The van der Waals surface area contributed by atoms with Gasteiger partial charge in [0.1, 0.15) is 18.9 Å². The molecule has 9 heteroatoms. The highest BCUT2D eigenvalue weighted by Gasteiger charge is 2.49. The Labute approximate surface area is 266 Å². The number of ether oxygens (including phenoxy) is 3. The second kappa shape index (κ2) is 16.4. The van der Waals surface area contributed by atoms with Gasteiger partial charge in [-0.25, -0.2) is 8.42 Å². The van der Waals surface area contributed by atoms with E-state index in [0.29, 0.717) is 62.1 Å². The molecule has 1 N–H and O–H groups in total. The number of anilines is 1. The van der Waals surface area contributed by atoms with Crippen LogP contribution < -0.4 is 9.64 Å². The lowest BCUT2D eigenvalue weighted by Gasteiger charge is -2.40. The molecule has 0 spiro atoms. The van der Waals surface area contributed by atoms with Crippen molar-refractivity contribution in [2.45, 2.75) is 69.3 Å². The van der Waals surface area contributed by atoms with E-state index < -0.39 is 27.3 Å². The minimum absolute atomic E-state index is 0.0337. The highest BCUT2D eigenvalue weighted by atomic mass is 32.2. The molecule has 248 valence electrons. The zero-order chi connectivity index (χ0) is 32.4. The van der Waals surface area contributed by atoms with E-state index >= 15 is 0 Å². The van der Waals surface area contributed by atoms with Gasteiger partial charge in [0.15, 0.2) is 9.84 Å². The minimum atomic E-state index is -3.63. The summed E-state index contributed by atoms with van der Waals surface area (Å²) in [6.45, 7) is 7.84. The Morgan fingerprint density at radius 3 is 2.05 bits per heavy atom. The van der Waals surface area contributed by atoms with Gasteiger partial charge in [-0.05, 0) is 54.3 Å². The zero-order valence-electron chi connectivity index (χ0n) is 28.2. The van der Waals surface area contributed by atoms with Crippen molar-refractivity contribution < 1.29 is 32.2 Å². The monoisotopic (exact) mass is 633 g/mol. The Balaban J connectivity index is 1.81. The predicted molar refractivity (Wildman–Crippen MR) is 179 cm³/mol. The predicted octanol–water partition coefficient (Wildman–Crippen LogP) is 5.52. The number of unbranched alkanes of at least 4 members (excludes halogenated alkanes) is 2. The van der Waals surface area contributed by atoms with Crippen LogP contribution in [-0.2, 0) is 19.3 Å². The summed E-state index contributed by atoms with van der Waals surface area (Å²) >= 11 is 0. The van der Waals surface area contributed by atoms with Crippen LogP contribution in [0.25, 0.3) is 0 Å². The summed E-state index contributed by atoms with van der Waals surface area (Å²) in [5.41, 5.74) is 1.74. The lowest BCUT2D eigenvalue weighted by Crippen LogP contribution is -2.43. The van der Waals surface area contributed by atoms with Gasteiger partial charge in [0.05, 0.1) is 64.3 Å². The van der Waals surface area contributed by atoms with Crippen LogP contribution in [0.2, 0.25) is 0 Å². The first-order chi connectivity index (χ1) is 20.8. The van der Waals surface area contributed by atoms with Crippen molar-refractivity contribution in [2.75, 3.05) is 85.5 Å². The number of fused-ring (bicyclic) bond motifs is 1. The smallest absolute Gasteiger partial charge is 0.179 e. The van der Waals surface area contributed by atoms with Crippen molar-refractivity contribution in [3.8, 4) is 5.75 Å². The Bertz CT molecular complexity index is 1250. The van der Waals surface area contributed by atoms with Crippen LogP contribution >= 0.6 is 0 Å². The van der Waals surface area contributed by atoms with E-state index in [4.69, 9.17) is 14.2 Å². The van der Waals surface area contributed by atoms with Crippen LogP contribution in [0.3, 0.4) is 0 Å². The summed E-state index contributed by atoms with van der Waals surface area (Å²) < 4.78 is 46.1. The third kappa shape index (κ3) is 9.91. The SMILES string of the molecule is CCCCC1(CCCC)CS(=O)(=O)c2ccc(N(C)C)cc2[C@@H](c2ccc(OCCOCCOCC[N+](C)(C)C)cc2)[C@H]1O. The van der Waals surface area contributed by atoms with Crippen LogP contribution in [0.15, 0.2) is 47.4 Å². The number of hydrogen-bond donors (Lipinski definition) is 1. The third-order valence-corrected chi connectivity index (χ3v) is 10.7. The summed E-state index contributed by atoms with van der Waals surface area (Å²) in [5, 5.41) is 12.3. The number of sulfone groups is 1. The minimum Gasteiger partial charge on any atom is -0.491 e. The molecule has 2 aromatic rings. The van der Waals surface area contributed by atoms with E-state index in [-0.39, 0.29) is 5.75 Å². The number of aliphatic hydroxyl groups is 1. The standard InChI is InChI=1S/C35H57N2O6S/c1-8-10-18-35(19-11-9-2)27-44(39,40)32-17-14-29(36(3)4)26-31(32)33(34(35)38)28-12-15-30(16-13-28)43-25-24-42-23-22-41-21-20-37(5,6)7/h12-17,26,33-34,38H,8-11,18-25,27H2,1-7H3/q+1/t33-,34-/m1/s1. The maximum absolute atomic E-state index is 14.0. The molecular formula is C35H57N2O6S+. The third-order valence-electron chi connectivity index (χ3n) is 8.67. The van der Waals surface area contributed by atoms with Gasteiger partial charge in [0.25, 0.3) is 0 Å². The second-order valence-corrected chi connectivity index (χ2v) is 15.5. The molecule has 44 heavy (non-hydrogen) atoms. The molecule has 0 fully saturated rings. The molecule has 2 aromatic carbocycles. The zero-order valence-corrected chi connectivity index (χ0v) is 29.0. The Morgan fingerprint density at radius 1 is 0.886 bits per heavy atom. The van der Waals surface area contributed by atoms with Crippen molar-refractivity contribution in [3.63, 3.8) is 0 Å². The molecule has 1 heterocycles. The molecule has 2 atom stereocenters. The number of benzene rings is 2. The average Bonchev–Trinajstić information content (AvgIpc) is 3.04. The summed E-state index contributed by atoms with van der Waals surface area (Å²) in [4.78, 5) is 2.31. The molecule has 3 rings (SSSR count). The van der Waals surface area contributed by atoms with Crippen molar-refractivity contribution in [3.05, 3.63) is 53.6 Å². The number of quaternary nitrogens is 1. The van der Waals surface area contributed by atoms with Gasteiger partial charge < -0.3 is 28.7 Å². The maximum Gasteiger partial charge on any atom is 0.179 e. The van der Waals surface area contributed by atoms with Gasteiger partial charge in [-0.1, -0.05) is 51.7 Å². The second-order valence-electron chi connectivity index (χ2n) is 13.5. The van der Waals surface area contributed by atoms with E-state index in [1.807, 2.05) is 55.4 Å². The molecule has 0 radical (unpaired) electrons. The van der Waals surface area contributed by atoms with Gasteiger partial charge in [-0.15, -0.1) is 0 Å². The largest absolute Gasteiger partial charge is 0.491 e. The Kier molecular flexibility index (Phi) is 13.5. The van der Waals surface area contributed by atoms with Crippen molar-refractivity contribution in [2.24, 2.45) is 5.41 Å². The lowest BCUT2D eigenvalue weighted by molar-refractivity contribution is -0.870. The molecule has 1 aliphatic heterocycles. The first kappa shape index (κ1) is 36.3. The normalized spacial score (nSPS) is 19.3. The van der Waals surface area contributed by atoms with Gasteiger partial charge >= 0.3 is 0 Å². The average molecular weight is 634 g/mol. The van der Waals surface area contributed by atoms with Crippen molar-refractivity contribution in [1.29, 1.82) is 0 Å². The first-order valence-corrected chi connectivity index (χ1v) is 17.9. The van der Waals surface area contributed by atoms with E-state index in [1.165, 1.54) is 0 Å². The first-order valence-electron chi connectivity index (χ1n) is 16.2. The highest BCUT2D eigenvalue weighted by Crippen LogP contribution is 2.50. The molecule has 0 unspecified atom stereocenters. The van der Waals surface area contributed by atoms with E-state index in [1.54, 1.807) is 6.07 Å². The van der Waals surface area contributed by atoms with Crippen LogP contribution in [0.4, 0.5) is 5.69 Å². The van der Waals surface area contributed by atoms with Crippen molar-refractivity contribution >= 4 is 15.5 Å². The number of aliphatic hydroxyl groups excluding tert-OH is 1. The molecule has 0 amide bonds. The van der Waals surface area contributed by atoms with Crippen LogP contribution in [-0.4, -0.2) is 105 Å². The fraction of sp³-hybridized carbons (Fsp3) is 0.657. The molecule has 8 nitrogen and oxygen atoms in total. The maximum atomic E-state index is 14.0. The summed E-state index contributed by atoms with van der Waals surface area (Å²) in [7, 11) is 6.68. The molecule has 0 bridgehead atoms. The topological polar surface area (TPSA) is 85.3 Å². The van der Waals surface area contributed by atoms with Gasteiger partial charge in [0, 0.05) is 31.1 Å². The number of rotatable bonds is 18. The summed E-state index contributed by atoms with van der Waals surface area (Å²) in [6.07, 6.45) is 4.15. The highest BCUT2D eigenvalue weighted by molar-refractivity contribution is 7.91. The molecular weight excluding hydrogens is 576 g/mol. The molecule has 0 saturated carbocycles. The van der Waals surface area contributed by atoms with Crippen LogP contribution in [0, 0.1) is 5.41 Å². The quantitative estimate of drug-likeness (QED) is 0.171. The van der Waals surface area contributed by atoms with E-state index in [9.17, 15) is 13.5 Å². The number of likely N-dealkylation sites (N-methyl/N-ethyl adjacent to an activating group) is 1. The fourth-order valence-corrected chi connectivity index (χ4v) is 8.23.